The number of ether oxygens (including phenoxy) is 1. The summed E-state index contributed by atoms with van der Waals surface area (Å²) < 4.78 is 5.54. The molecule has 2 amide bonds. The fourth-order valence-corrected chi connectivity index (χ4v) is 3.83. The maximum atomic E-state index is 13.3. The highest BCUT2D eigenvalue weighted by Gasteiger charge is 2.19. The van der Waals surface area contributed by atoms with Crippen LogP contribution in [0.5, 0.6) is 5.75 Å². The standard InChI is InChI=1S/C27H31N3O4/c1-34-25-14-7-6-13-24(25)30(27(32)16-5-3-2-4-15-26(31)29-33)20-21-10-8-11-22(18-21)23-12-9-17-28-19-23/h6-14,17-19,33H,2-5,15-16,20H2,1H3,(H,29,31). The average Bonchev–Trinajstić information content (AvgIpc) is 2.89. The number of aromatic nitrogens is 1. The van der Waals surface area contributed by atoms with Crippen LogP contribution in [0.25, 0.3) is 11.1 Å². The normalized spacial score (nSPS) is 10.5. The molecule has 1 aromatic heterocycles. The molecule has 178 valence electrons. The van der Waals surface area contributed by atoms with E-state index >= 15 is 0 Å². The van der Waals surface area contributed by atoms with Crippen molar-refractivity contribution in [3.63, 3.8) is 0 Å². The van der Waals surface area contributed by atoms with E-state index in [9.17, 15) is 9.59 Å². The first kappa shape index (κ1) is 24.9. The number of methoxy groups -OCH3 is 1. The lowest BCUT2D eigenvalue weighted by Crippen LogP contribution is -2.30. The molecule has 0 spiro atoms. The third-order valence-corrected chi connectivity index (χ3v) is 5.61. The molecule has 3 aromatic rings. The number of anilines is 1. The van der Waals surface area contributed by atoms with Gasteiger partial charge in [0.2, 0.25) is 11.8 Å². The summed E-state index contributed by atoms with van der Waals surface area (Å²) in [5.41, 5.74) is 5.46. The second-order valence-electron chi connectivity index (χ2n) is 8.04. The molecule has 7 nitrogen and oxygen atoms in total. The number of unbranched alkanes of at least 4 members (excludes halogenated alkanes) is 3. The smallest absolute Gasteiger partial charge is 0.243 e. The Morgan fingerprint density at radius 3 is 2.44 bits per heavy atom. The fourth-order valence-electron chi connectivity index (χ4n) is 3.83. The van der Waals surface area contributed by atoms with E-state index in [2.05, 4.69) is 11.1 Å². The van der Waals surface area contributed by atoms with E-state index in [-0.39, 0.29) is 18.2 Å². The van der Waals surface area contributed by atoms with Gasteiger partial charge in [0, 0.05) is 25.2 Å². The number of benzene rings is 2. The molecule has 0 aliphatic rings. The van der Waals surface area contributed by atoms with E-state index < -0.39 is 0 Å². The van der Waals surface area contributed by atoms with Crippen LogP contribution >= 0.6 is 0 Å². The van der Waals surface area contributed by atoms with Crippen molar-refractivity contribution in [1.29, 1.82) is 0 Å². The van der Waals surface area contributed by atoms with Gasteiger partial charge in [-0.15, -0.1) is 0 Å². The molecule has 1 heterocycles. The lowest BCUT2D eigenvalue weighted by Gasteiger charge is -2.25. The maximum Gasteiger partial charge on any atom is 0.243 e. The summed E-state index contributed by atoms with van der Waals surface area (Å²) >= 11 is 0. The van der Waals surface area contributed by atoms with Gasteiger partial charge in [-0.3, -0.25) is 19.8 Å². The number of pyridine rings is 1. The van der Waals surface area contributed by atoms with Crippen molar-refractivity contribution in [3.05, 3.63) is 78.6 Å². The summed E-state index contributed by atoms with van der Waals surface area (Å²) in [5.74, 6) is 0.283. The van der Waals surface area contributed by atoms with Crippen LogP contribution in [0.1, 0.15) is 44.1 Å². The van der Waals surface area contributed by atoms with Crippen LogP contribution in [0.15, 0.2) is 73.1 Å². The van der Waals surface area contributed by atoms with Gasteiger partial charge in [0.25, 0.3) is 0 Å². The Labute approximate surface area is 200 Å². The number of rotatable bonds is 12. The van der Waals surface area contributed by atoms with Gasteiger partial charge in [-0.25, -0.2) is 5.48 Å². The molecule has 3 rings (SSSR count). The van der Waals surface area contributed by atoms with Crippen LogP contribution in [0.3, 0.4) is 0 Å². The summed E-state index contributed by atoms with van der Waals surface area (Å²) in [5, 5.41) is 8.56. The highest BCUT2D eigenvalue weighted by Crippen LogP contribution is 2.30. The Balaban J connectivity index is 1.72. The van der Waals surface area contributed by atoms with E-state index in [1.54, 1.807) is 23.7 Å². The number of carbonyl (C=O) groups is 2. The van der Waals surface area contributed by atoms with Crippen molar-refractivity contribution in [1.82, 2.24) is 10.5 Å². The van der Waals surface area contributed by atoms with Crippen molar-refractivity contribution in [2.75, 3.05) is 12.0 Å². The lowest BCUT2D eigenvalue weighted by molar-refractivity contribution is -0.129. The predicted octanol–water partition coefficient (Wildman–Crippen LogP) is 5.14. The number of amides is 2. The van der Waals surface area contributed by atoms with Gasteiger partial charge in [0.05, 0.1) is 19.3 Å². The summed E-state index contributed by atoms with van der Waals surface area (Å²) in [6.07, 6.45) is 7.31. The molecule has 0 aliphatic heterocycles. The van der Waals surface area contributed by atoms with E-state index in [0.29, 0.717) is 25.1 Å². The maximum absolute atomic E-state index is 13.3. The van der Waals surface area contributed by atoms with Gasteiger partial charge in [-0.05, 0) is 53.8 Å². The Kier molecular flexibility index (Phi) is 9.61. The quantitative estimate of drug-likeness (QED) is 0.221. The predicted molar refractivity (Wildman–Crippen MR) is 131 cm³/mol. The summed E-state index contributed by atoms with van der Waals surface area (Å²) in [6.45, 7) is 0.421. The molecule has 0 saturated carbocycles. The Morgan fingerprint density at radius 1 is 0.941 bits per heavy atom. The van der Waals surface area contributed by atoms with Crippen molar-refractivity contribution in [3.8, 4) is 16.9 Å². The van der Waals surface area contributed by atoms with Gasteiger partial charge in [-0.2, -0.15) is 0 Å². The zero-order chi connectivity index (χ0) is 24.2. The van der Waals surface area contributed by atoms with Crippen LogP contribution < -0.4 is 15.1 Å². The third-order valence-electron chi connectivity index (χ3n) is 5.61. The molecule has 0 unspecified atom stereocenters. The molecular weight excluding hydrogens is 430 g/mol. The van der Waals surface area contributed by atoms with Gasteiger partial charge in [0.1, 0.15) is 5.75 Å². The molecule has 0 radical (unpaired) electrons. The highest BCUT2D eigenvalue weighted by molar-refractivity contribution is 5.94. The van der Waals surface area contributed by atoms with Crippen molar-refractivity contribution in [2.45, 2.75) is 45.1 Å². The van der Waals surface area contributed by atoms with E-state index in [4.69, 9.17) is 9.94 Å². The second kappa shape index (κ2) is 13.1. The van der Waals surface area contributed by atoms with Gasteiger partial charge in [0.15, 0.2) is 0 Å². The Morgan fingerprint density at radius 2 is 1.71 bits per heavy atom. The molecule has 2 N–H and O–H groups in total. The van der Waals surface area contributed by atoms with Gasteiger partial charge >= 0.3 is 0 Å². The van der Waals surface area contributed by atoms with Crippen LogP contribution in [0.4, 0.5) is 5.69 Å². The molecule has 0 saturated heterocycles. The molecule has 0 bridgehead atoms. The number of nitrogens with one attached hydrogen (secondary N) is 1. The van der Waals surface area contributed by atoms with E-state index in [1.807, 2.05) is 60.8 Å². The zero-order valence-corrected chi connectivity index (χ0v) is 19.4. The molecule has 0 aliphatic carbocycles. The molecule has 0 fully saturated rings. The number of nitrogens with zero attached hydrogens (tertiary/aromatic N) is 2. The largest absolute Gasteiger partial charge is 0.495 e. The fraction of sp³-hybridized carbons (Fsp3) is 0.296. The summed E-state index contributed by atoms with van der Waals surface area (Å²) in [6, 6.07) is 19.6. The van der Waals surface area contributed by atoms with Crippen LogP contribution in [0, 0.1) is 0 Å². The Hall–Kier alpha value is -3.71. The number of para-hydroxylation sites is 2. The number of hydrogen-bond donors (Lipinski definition) is 2. The Bertz CT molecular complexity index is 1070. The number of hydrogen-bond acceptors (Lipinski definition) is 5. The summed E-state index contributed by atoms with van der Waals surface area (Å²) in [7, 11) is 1.60. The third kappa shape index (κ3) is 7.15. The SMILES string of the molecule is COc1ccccc1N(Cc1cccc(-c2cccnc2)c1)C(=O)CCCCCCC(=O)NO. The number of hydroxylamine groups is 1. The summed E-state index contributed by atoms with van der Waals surface area (Å²) in [4.78, 5) is 30.4. The first-order valence-electron chi connectivity index (χ1n) is 11.5. The van der Waals surface area contributed by atoms with Crippen LogP contribution in [-0.4, -0.2) is 29.1 Å². The van der Waals surface area contributed by atoms with E-state index in [0.717, 1.165) is 41.6 Å². The minimum atomic E-state index is -0.382. The molecular formula is C27H31N3O4. The molecule has 0 atom stereocenters. The van der Waals surface area contributed by atoms with Crippen molar-refractivity contribution < 1.29 is 19.5 Å². The highest BCUT2D eigenvalue weighted by atomic mass is 16.5. The lowest BCUT2D eigenvalue weighted by atomic mass is 10.0. The topological polar surface area (TPSA) is 91.8 Å². The van der Waals surface area contributed by atoms with Gasteiger partial charge in [-0.1, -0.05) is 49.2 Å². The monoisotopic (exact) mass is 461 g/mol. The number of carbonyl (C=O) groups excluding carboxylic acids is 2. The molecule has 2 aromatic carbocycles. The molecule has 34 heavy (non-hydrogen) atoms. The minimum absolute atomic E-state index is 0.0179. The first-order chi connectivity index (χ1) is 16.6. The van der Waals surface area contributed by atoms with Crippen LogP contribution in [-0.2, 0) is 16.1 Å². The van der Waals surface area contributed by atoms with Gasteiger partial charge < -0.3 is 9.64 Å². The first-order valence-corrected chi connectivity index (χ1v) is 11.5. The van der Waals surface area contributed by atoms with Crippen molar-refractivity contribution >= 4 is 17.5 Å². The van der Waals surface area contributed by atoms with Crippen molar-refractivity contribution in [2.24, 2.45) is 0 Å². The zero-order valence-electron chi connectivity index (χ0n) is 19.4. The minimum Gasteiger partial charge on any atom is -0.495 e. The van der Waals surface area contributed by atoms with E-state index in [1.165, 1.54) is 0 Å². The average molecular weight is 462 g/mol. The molecule has 7 heteroatoms. The second-order valence-corrected chi connectivity index (χ2v) is 8.04. The van der Waals surface area contributed by atoms with Crippen LogP contribution in [0.2, 0.25) is 0 Å².